The van der Waals surface area contributed by atoms with Crippen LogP contribution in [0.1, 0.15) is 25.5 Å². The van der Waals surface area contributed by atoms with Gasteiger partial charge >= 0.3 is 0 Å². The summed E-state index contributed by atoms with van der Waals surface area (Å²) < 4.78 is 2.01. The molecule has 1 aromatic heterocycles. The smallest absolute Gasteiger partial charge is 0.296 e. The number of hydrogen-bond donors (Lipinski definition) is 0. The normalized spacial score (nSPS) is 17.0. The molecule has 1 amide bonds. The van der Waals surface area contributed by atoms with Gasteiger partial charge in [-0.3, -0.25) is 4.79 Å². The van der Waals surface area contributed by atoms with Crippen LogP contribution in [0.4, 0.5) is 5.69 Å². The van der Waals surface area contributed by atoms with Gasteiger partial charge in [0.25, 0.3) is 5.91 Å². The summed E-state index contributed by atoms with van der Waals surface area (Å²) in [4.78, 5) is 15.2. The molecule has 3 nitrogen and oxygen atoms in total. The lowest BCUT2D eigenvalue weighted by Gasteiger charge is -2.24. The summed E-state index contributed by atoms with van der Waals surface area (Å²) in [5.41, 5.74) is 4.57. The Morgan fingerprint density at radius 1 is 1.00 bits per heavy atom. The maximum absolute atomic E-state index is 13.3. The monoisotopic (exact) mass is 343 g/mol. The van der Waals surface area contributed by atoms with Gasteiger partial charge in [-0.15, -0.1) is 0 Å². The number of rotatable bonds is 3. The fraction of sp³-hybridized carbons (Fsp3) is 0.217. The van der Waals surface area contributed by atoms with Crippen molar-refractivity contribution in [3.8, 4) is 11.1 Å². The number of carbonyl (C=O) groups is 1. The van der Waals surface area contributed by atoms with Crippen molar-refractivity contribution in [1.82, 2.24) is 0 Å². The van der Waals surface area contributed by atoms with Crippen LogP contribution in [0.3, 0.4) is 0 Å². The Hall–Kier alpha value is -2.94. The van der Waals surface area contributed by atoms with Gasteiger partial charge in [0.2, 0.25) is 6.04 Å². The number of amides is 1. The van der Waals surface area contributed by atoms with Crippen LogP contribution in [-0.4, -0.2) is 11.9 Å². The first-order valence-corrected chi connectivity index (χ1v) is 9.12. The molecule has 0 saturated carbocycles. The third-order valence-corrected chi connectivity index (χ3v) is 5.18. The zero-order valence-corrected chi connectivity index (χ0v) is 15.2. The summed E-state index contributed by atoms with van der Waals surface area (Å²) in [5.74, 6) is 0.137. The van der Waals surface area contributed by atoms with Crippen molar-refractivity contribution in [3.05, 3.63) is 84.7 Å². The van der Waals surface area contributed by atoms with Crippen molar-refractivity contribution >= 4 is 11.6 Å². The van der Waals surface area contributed by atoms with E-state index < -0.39 is 0 Å². The average molecular weight is 343 g/mol. The molecule has 2 heterocycles. The second kappa shape index (κ2) is 6.75. The zero-order chi connectivity index (χ0) is 18.1. The van der Waals surface area contributed by atoms with E-state index >= 15 is 0 Å². The van der Waals surface area contributed by atoms with E-state index in [9.17, 15) is 4.79 Å². The minimum atomic E-state index is -0.257. The van der Waals surface area contributed by atoms with E-state index in [1.165, 1.54) is 5.56 Å². The Morgan fingerprint density at radius 2 is 1.69 bits per heavy atom. The molecule has 0 N–H and O–H groups in total. The highest BCUT2D eigenvalue weighted by Gasteiger charge is 2.36. The molecule has 0 radical (unpaired) electrons. The predicted octanol–water partition coefficient (Wildman–Crippen LogP) is 4.18. The summed E-state index contributed by atoms with van der Waals surface area (Å²) in [7, 11) is 0. The molecule has 0 aliphatic carbocycles. The average Bonchev–Trinajstić information content (AvgIpc) is 3.03. The van der Waals surface area contributed by atoms with Gasteiger partial charge in [-0.2, -0.15) is 4.57 Å². The van der Waals surface area contributed by atoms with Crippen molar-refractivity contribution in [2.75, 3.05) is 4.90 Å². The van der Waals surface area contributed by atoms with Crippen LogP contribution in [0, 0.1) is 0 Å². The number of fused-ring (bicyclic) bond motifs is 1. The van der Waals surface area contributed by atoms with E-state index in [0.29, 0.717) is 0 Å². The molecular formula is C23H23N2O+. The second-order valence-corrected chi connectivity index (χ2v) is 6.97. The first kappa shape index (κ1) is 16.5. The molecule has 0 saturated heterocycles. The third kappa shape index (κ3) is 2.90. The van der Waals surface area contributed by atoms with Gasteiger partial charge in [0.15, 0.2) is 12.4 Å². The highest BCUT2D eigenvalue weighted by Crippen LogP contribution is 2.33. The number of anilines is 1. The van der Waals surface area contributed by atoms with E-state index in [1.807, 2.05) is 59.0 Å². The van der Waals surface area contributed by atoms with E-state index in [1.54, 1.807) is 0 Å². The minimum absolute atomic E-state index is 0.137. The molecular weight excluding hydrogens is 320 g/mol. The van der Waals surface area contributed by atoms with E-state index in [2.05, 4.69) is 43.5 Å². The maximum Gasteiger partial charge on any atom is 0.296 e. The lowest BCUT2D eigenvalue weighted by atomic mass is 10.1. The Balaban J connectivity index is 1.64. The number of para-hydroxylation sites is 1. The zero-order valence-electron chi connectivity index (χ0n) is 15.2. The third-order valence-electron chi connectivity index (χ3n) is 5.18. The number of hydrogen-bond acceptors (Lipinski definition) is 1. The second-order valence-electron chi connectivity index (χ2n) is 6.97. The fourth-order valence-electron chi connectivity index (χ4n) is 3.77. The number of carbonyl (C=O) groups excluding carboxylic acids is 1. The maximum atomic E-state index is 13.3. The fourth-order valence-corrected chi connectivity index (χ4v) is 3.77. The number of pyridine rings is 1. The van der Waals surface area contributed by atoms with Gasteiger partial charge in [-0.05, 0) is 36.6 Å². The molecule has 2 aromatic carbocycles. The molecule has 1 aliphatic rings. The Kier molecular flexibility index (Phi) is 4.29. The molecule has 3 heteroatoms. The van der Waals surface area contributed by atoms with E-state index in [4.69, 9.17) is 0 Å². The lowest BCUT2D eigenvalue weighted by molar-refractivity contribution is -0.705. The number of benzene rings is 2. The molecule has 0 unspecified atom stereocenters. The molecule has 130 valence electrons. The summed E-state index contributed by atoms with van der Waals surface area (Å²) in [5, 5.41) is 0. The number of nitrogens with zero attached hydrogens (tertiary/aromatic N) is 2. The standard InChI is InChI=1S/C23H23N2O/c1-17-15-20-11-6-7-13-22(20)25(17)23(26)18(2)24-14-8-12-21(16-24)19-9-4-3-5-10-19/h3-14,16-18H,15H2,1-2H3/q+1/t17-,18+/m1/s1. The minimum Gasteiger partial charge on any atom is -0.303 e. The van der Waals surface area contributed by atoms with Gasteiger partial charge < -0.3 is 4.90 Å². The van der Waals surface area contributed by atoms with Gasteiger partial charge in [0.05, 0.1) is 0 Å². The SMILES string of the molecule is C[C@@H]1Cc2ccccc2N1C(=O)[C@H](C)[n+]1cccc(-c2ccccc2)c1. The van der Waals surface area contributed by atoms with Crippen LogP contribution < -0.4 is 9.47 Å². The quantitative estimate of drug-likeness (QED) is 0.655. The molecule has 26 heavy (non-hydrogen) atoms. The highest BCUT2D eigenvalue weighted by atomic mass is 16.2. The van der Waals surface area contributed by atoms with Crippen molar-refractivity contribution in [2.24, 2.45) is 0 Å². The Bertz CT molecular complexity index is 936. The lowest BCUT2D eigenvalue weighted by Crippen LogP contribution is -2.49. The summed E-state index contributed by atoms with van der Waals surface area (Å²) >= 11 is 0. The van der Waals surface area contributed by atoms with Crippen LogP contribution in [-0.2, 0) is 11.2 Å². The molecule has 0 fully saturated rings. The van der Waals surface area contributed by atoms with Gasteiger partial charge in [-0.1, -0.05) is 48.5 Å². The van der Waals surface area contributed by atoms with Gasteiger partial charge in [-0.25, -0.2) is 0 Å². The number of aromatic nitrogens is 1. The van der Waals surface area contributed by atoms with Crippen LogP contribution in [0.15, 0.2) is 79.1 Å². The molecule has 2 atom stereocenters. The molecule has 1 aliphatic heterocycles. The van der Waals surface area contributed by atoms with Gasteiger partial charge in [0.1, 0.15) is 0 Å². The van der Waals surface area contributed by atoms with Crippen molar-refractivity contribution in [1.29, 1.82) is 0 Å². The first-order chi connectivity index (χ1) is 12.6. The van der Waals surface area contributed by atoms with E-state index in [-0.39, 0.29) is 18.0 Å². The summed E-state index contributed by atoms with van der Waals surface area (Å²) in [6.07, 6.45) is 4.95. The van der Waals surface area contributed by atoms with Crippen LogP contribution in [0.2, 0.25) is 0 Å². The Morgan fingerprint density at radius 3 is 2.50 bits per heavy atom. The summed E-state index contributed by atoms with van der Waals surface area (Å²) in [6.45, 7) is 4.10. The molecule has 4 rings (SSSR count). The topological polar surface area (TPSA) is 24.2 Å². The van der Waals surface area contributed by atoms with Crippen molar-refractivity contribution < 1.29 is 9.36 Å². The molecule has 3 aromatic rings. The highest BCUT2D eigenvalue weighted by molar-refractivity contribution is 5.97. The largest absolute Gasteiger partial charge is 0.303 e. The summed E-state index contributed by atoms with van der Waals surface area (Å²) in [6, 6.07) is 22.5. The van der Waals surface area contributed by atoms with E-state index in [0.717, 1.165) is 23.2 Å². The molecule has 0 spiro atoms. The molecule has 0 bridgehead atoms. The van der Waals surface area contributed by atoms with Crippen molar-refractivity contribution in [2.45, 2.75) is 32.4 Å². The predicted molar refractivity (Wildman–Crippen MR) is 104 cm³/mol. The van der Waals surface area contributed by atoms with Crippen LogP contribution >= 0.6 is 0 Å². The van der Waals surface area contributed by atoms with Crippen molar-refractivity contribution in [3.63, 3.8) is 0 Å². The first-order valence-electron chi connectivity index (χ1n) is 9.12. The van der Waals surface area contributed by atoms with Gasteiger partial charge in [0, 0.05) is 30.3 Å². The van der Waals surface area contributed by atoms with Crippen LogP contribution in [0.5, 0.6) is 0 Å². The Labute approximate surface area is 154 Å². The van der Waals surface area contributed by atoms with Crippen LogP contribution in [0.25, 0.3) is 11.1 Å².